The summed E-state index contributed by atoms with van der Waals surface area (Å²) in [6.07, 6.45) is -2.68. The molecule has 3 rings (SSSR count). The van der Waals surface area contributed by atoms with Crippen molar-refractivity contribution in [3.63, 3.8) is 0 Å². The summed E-state index contributed by atoms with van der Waals surface area (Å²) < 4.78 is 40.2. The second-order valence-corrected chi connectivity index (χ2v) is 6.83. The molecule has 0 unspecified atom stereocenters. The van der Waals surface area contributed by atoms with Crippen molar-refractivity contribution >= 4 is 33.4 Å². The largest absolute Gasteiger partial charge is 0.433 e. The van der Waals surface area contributed by atoms with Gasteiger partial charge in [-0.05, 0) is 49.9 Å². The van der Waals surface area contributed by atoms with Crippen LogP contribution in [-0.2, 0) is 6.18 Å². The molecule has 24 heavy (non-hydrogen) atoms. The van der Waals surface area contributed by atoms with Gasteiger partial charge < -0.3 is 10.6 Å². The molecule has 0 aliphatic heterocycles. The van der Waals surface area contributed by atoms with E-state index in [0.717, 1.165) is 40.2 Å². The highest BCUT2D eigenvalue weighted by Crippen LogP contribution is 2.33. The monoisotopic (exact) mass is 400 g/mol. The molecule has 1 aliphatic carbocycles. The summed E-state index contributed by atoms with van der Waals surface area (Å²) in [4.78, 5) is 7.77. The van der Waals surface area contributed by atoms with Crippen LogP contribution in [0.2, 0.25) is 0 Å². The van der Waals surface area contributed by atoms with Crippen LogP contribution in [0.5, 0.6) is 0 Å². The van der Waals surface area contributed by atoms with Crippen LogP contribution in [0.25, 0.3) is 0 Å². The number of hydrogen-bond acceptors (Lipinski definition) is 4. The molecule has 1 fully saturated rings. The van der Waals surface area contributed by atoms with E-state index in [1.807, 2.05) is 26.0 Å². The van der Waals surface area contributed by atoms with Gasteiger partial charge >= 0.3 is 6.18 Å². The Labute approximate surface area is 146 Å². The second kappa shape index (κ2) is 6.23. The van der Waals surface area contributed by atoms with E-state index in [9.17, 15) is 13.2 Å². The Kier molecular flexibility index (Phi) is 4.42. The van der Waals surface area contributed by atoms with Crippen molar-refractivity contribution in [2.45, 2.75) is 38.9 Å². The molecule has 0 amide bonds. The number of aromatic nitrogens is 2. The van der Waals surface area contributed by atoms with Crippen molar-refractivity contribution in [1.29, 1.82) is 0 Å². The predicted octanol–water partition coefficient (Wildman–Crippen LogP) is 5.19. The second-order valence-electron chi connectivity index (χ2n) is 5.92. The maximum Gasteiger partial charge on any atom is 0.433 e. The molecule has 0 bridgehead atoms. The lowest BCUT2D eigenvalue weighted by atomic mass is 10.1. The normalized spacial score (nSPS) is 14.6. The Morgan fingerprint density at radius 3 is 2.25 bits per heavy atom. The smallest absolute Gasteiger partial charge is 0.351 e. The Morgan fingerprint density at radius 1 is 1.08 bits per heavy atom. The molecule has 1 saturated carbocycles. The summed E-state index contributed by atoms with van der Waals surface area (Å²) in [6.45, 7) is 3.77. The van der Waals surface area contributed by atoms with Gasteiger partial charge in [-0.3, -0.25) is 0 Å². The number of hydrogen-bond donors (Lipinski definition) is 2. The fraction of sp³-hybridized carbons (Fsp3) is 0.375. The first-order valence-electron chi connectivity index (χ1n) is 7.49. The summed E-state index contributed by atoms with van der Waals surface area (Å²) in [5.74, 6) is 0.122. The summed E-state index contributed by atoms with van der Waals surface area (Å²) >= 11 is 3.40. The van der Waals surface area contributed by atoms with Gasteiger partial charge in [0.1, 0.15) is 5.82 Å². The van der Waals surface area contributed by atoms with Gasteiger partial charge in [0.05, 0.1) is 0 Å². The van der Waals surface area contributed by atoms with Crippen LogP contribution >= 0.6 is 15.9 Å². The molecule has 1 aliphatic rings. The zero-order valence-electron chi connectivity index (χ0n) is 13.1. The van der Waals surface area contributed by atoms with E-state index in [1.54, 1.807) is 0 Å². The number of benzene rings is 1. The number of alkyl halides is 3. The third-order valence-corrected chi connectivity index (χ3v) is 4.14. The molecule has 8 heteroatoms. The SMILES string of the molecule is Cc1cc(Br)cc(C)c1Nc1cc(C(F)(F)F)nc(NC2CC2)n1. The van der Waals surface area contributed by atoms with E-state index in [1.165, 1.54) is 0 Å². The number of nitrogens with zero attached hydrogens (tertiary/aromatic N) is 2. The first-order valence-corrected chi connectivity index (χ1v) is 8.28. The lowest BCUT2D eigenvalue weighted by Crippen LogP contribution is -2.14. The Balaban J connectivity index is 1.97. The molecule has 0 radical (unpaired) electrons. The molecular formula is C16H16BrF3N4. The minimum absolute atomic E-state index is 0.00208. The highest BCUT2D eigenvalue weighted by atomic mass is 79.9. The lowest BCUT2D eigenvalue weighted by Gasteiger charge is -2.15. The summed E-state index contributed by atoms with van der Waals surface area (Å²) in [7, 11) is 0. The summed E-state index contributed by atoms with van der Waals surface area (Å²) in [6, 6.07) is 4.88. The molecule has 0 saturated heterocycles. The van der Waals surface area contributed by atoms with Gasteiger partial charge in [0.25, 0.3) is 0 Å². The molecule has 128 valence electrons. The Hall–Kier alpha value is -1.83. The minimum atomic E-state index is -4.52. The average Bonchev–Trinajstić information content (AvgIpc) is 3.25. The molecule has 0 spiro atoms. The standard InChI is InChI=1S/C16H16BrF3N4/c1-8-5-10(17)6-9(2)14(8)23-13-7-12(16(18,19)20)22-15(24-13)21-11-3-4-11/h5-7,11H,3-4H2,1-2H3,(H2,21,22,23,24). The number of aryl methyl sites for hydroxylation is 2. The van der Waals surface area contributed by atoms with Gasteiger partial charge in [-0.25, -0.2) is 4.98 Å². The van der Waals surface area contributed by atoms with Crippen molar-refractivity contribution in [1.82, 2.24) is 9.97 Å². The van der Waals surface area contributed by atoms with Crippen molar-refractivity contribution < 1.29 is 13.2 Å². The van der Waals surface area contributed by atoms with Gasteiger partial charge in [-0.1, -0.05) is 15.9 Å². The van der Waals surface area contributed by atoms with Gasteiger partial charge in [0.15, 0.2) is 5.69 Å². The van der Waals surface area contributed by atoms with E-state index >= 15 is 0 Å². The van der Waals surface area contributed by atoms with Gasteiger partial charge in [0.2, 0.25) is 5.95 Å². The Morgan fingerprint density at radius 2 is 1.71 bits per heavy atom. The van der Waals surface area contributed by atoms with E-state index in [0.29, 0.717) is 0 Å². The molecule has 2 aromatic rings. The van der Waals surface area contributed by atoms with Gasteiger partial charge in [-0.15, -0.1) is 0 Å². The van der Waals surface area contributed by atoms with E-state index in [2.05, 4.69) is 36.5 Å². The zero-order valence-corrected chi connectivity index (χ0v) is 14.7. The number of halogens is 4. The molecule has 1 aromatic carbocycles. The number of anilines is 3. The highest BCUT2D eigenvalue weighted by molar-refractivity contribution is 9.10. The van der Waals surface area contributed by atoms with E-state index in [4.69, 9.17) is 0 Å². The topological polar surface area (TPSA) is 49.8 Å². The first kappa shape index (κ1) is 17.0. The van der Waals surface area contributed by atoms with Crippen molar-refractivity contribution in [3.05, 3.63) is 39.5 Å². The average molecular weight is 401 g/mol. The van der Waals surface area contributed by atoms with Crippen LogP contribution < -0.4 is 10.6 Å². The quantitative estimate of drug-likeness (QED) is 0.740. The maximum atomic E-state index is 13.1. The predicted molar refractivity (Wildman–Crippen MR) is 90.6 cm³/mol. The van der Waals surface area contributed by atoms with E-state index < -0.39 is 11.9 Å². The van der Waals surface area contributed by atoms with Crippen molar-refractivity contribution in [3.8, 4) is 0 Å². The number of nitrogens with one attached hydrogen (secondary N) is 2. The minimum Gasteiger partial charge on any atom is -0.351 e. The summed E-state index contributed by atoms with van der Waals surface area (Å²) in [5.41, 5.74) is 1.59. The van der Waals surface area contributed by atoms with Crippen LogP contribution in [0.15, 0.2) is 22.7 Å². The van der Waals surface area contributed by atoms with Crippen molar-refractivity contribution in [2.75, 3.05) is 10.6 Å². The highest BCUT2D eigenvalue weighted by Gasteiger charge is 2.34. The molecule has 1 heterocycles. The van der Waals surface area contributed by atoms with Crippen LogP contribution in [0.1, 0.15) is 29.7 Å². The zero-order chi connectivity index (χ0) is 17.5. The lowest BCUT2D eigenvalue weighted by molar-refractivity contribution is -0.141. The van der Waals surface area contributed by atoms with Crippen LogP contribution in [0, 0.1) is 13.8 Å². The van der Waals surface area contributed by atoms with Crippen LogP contribution in [0.4, 0.5) is 30.6 Å². The van der Waals surface area contributed by atoms with E-state index in [-0.39, 0.29) is 17.8 Å². The van der Waals surface area contributed by atoms with Gasteiger partial charge in [0, 0.05) is 22.3 Å². The van der Waals surface area contributed by atoms with Crippen molar-refractivity contribution in [2.24, 2.45) is 0 Å². The molecule has 4 nitrogen and oxygen atoms in total. The van der Waals surface area contributed by atoms with Crippen LogP contribution in [0.3, 0.4) is 0 Å². The third kappa shape index (κ3) is 3.98. The fourth-order valence-corrected chi connectivity index (χ4v) is 3.05. The summed E-state index contributed by atoms with van der Waals surface area (Å²) in [5, 5.41) is 5.93. The maximum absolute atomic E-state index is 13.1. The molecular weight excluding hydrogens is 385 g/mol. The molecule has 2 N–H and O–H groups in total. The Bertz CT molecular complexity index is 749. The fourth-order valence-electron chi connectivity index (χ4n) is 2.37. The molecule has 0 atom stereocenters. The molecule has 1 aromatic heterocycles. The van der Waals surface area contributed by atoms with Crippen LogP contribution in [-0.4, -0.2) is 16.0 Å². The third-order valence-electron chi connectivity index (χ3n) is 3.68. The first-order chi connectivity index (χ1) is 11.2. The van der Waals surface area contributed by atoms with Gasteiger partial charge in [-0.2, -0.15) is 18.2 Å². The number of rotatable bonds is 4.